The van der Waals surface area contributed by atoms with Gasteiger partial charge < -0.3 is 9.64 Å². The number of aromatic nitrogens is 1. The molecule has 142 valence electrons. The van der Waals surface area contributed by atoms with Crippen LogP contribution in [0.3, 0.4) is 0 Å². The van der Waals surface area contributed by atoms with E-state index in [2.05, 4.69) is 4.98 Å². The number of amides is 1. The second-order valence-corrected chi connectivity index (χ2v) is 6.97. The van der Waals surface area contributed by atoms with Crippen molar-refractivity contribution < 1.29 is 14.3 Å². The highest BCUT2D eigenvalue weighted by Gasteiger charge is 2.30. The Hall–Kier alpha value is -3.21. The minimum absolute atomic E-state index is 0.167. The first-order chi connectivity index (χ1) is 13.7. The van der Waals surface area contributed by atoms with Crippen LogP contribution in [-0.2, 0) is 9.53 Å². The first kappa shape index (κ1) is 18.2. The van der Waals surface area contributed by atoms with Crippen molar-refractivity contribution in [3.8, 4) is 0 Å². The van der Waals surface area contributed by atoms with Gasteiger partial charge in [-0.2, -0.15) is 0 Å². The molecule has 0 bridgehead atoms. The highest BCUT2D eigenvalue weighted by Crippen LogP contribution is 2.24. The van der Waals surface area contributed by atoms with Gasteiger partial charge in [0.25, 0.3) is 5.91 Å². The van der Waals surface area contributed by atoms with Gasteiger partial charge in [0.05, 0.1) is 5.52 Å². The third-order valence-corrected chi connectivity index (χ3v) is 5.03. The number of hydrogen-bond donors (Lipinski definition) is 0. The smallest absolute Gasteiger partial charge is 0.358 e. The Morgan fingerprint density at radius 3 is 2.36 bits per heavy atom. The number of pyridine rings is 1. The molecule has 1 aliphatic rings. The van der Waals surface area contributed by atoms with E-state index in [0.717, 1.165) is 30.2 Å². The van der Waals surface area contributed by atoms with Gasteiger partial charge in [-0.15, -0.1) is 0 Å². The largest absolute Gasteiger partial charge is 0.443 e. The first-order valence-electron chi connectivity index (χ1n) is 9.63. The van der Waals surface area contributed by atoms with E-state index in [1.807, 2.05) is 60.7 Å². The second kappa shape index (κ2) is 8.21. The van der Waals surface area contributed by atoms with Crippen LogP contribution in [-0.4, -0.2) is 34.8 Å². The maximum Gasteiger partial charge on any atom is 0.358 e. The van der Waals surface area contributed by atoms with Gasteiger partial charge >= 0.3 is 5.97 Å². The van der Waals surface area contributed by atoms with E-state index >= 15 is 0 Å². The number of nitrogens with zero attached hydrogens (tertiary/aromatic N) is 2. The summed E-state index contributed by atoms with van der Waals surface area (Å²) in [7, 11) is 0. The Kier molecular flexibility index (Phi) is 5.33. The molecule has 4 rings (SSSR count). The number of carbonyl (C=O) groups is 2. The summed E-state index contributed by atoms with van der Waals surface area (Å²) >= 11 is 0. The Labute approximate surface area is 163 Å². The molecule has 0 aliphatic carbocycles. The molecule has 1 aromatic heterocycles. The van der Waals surface area contributed by atoms with Crippen LogP contribution in [0.2, 0.25) is 0 Å². The molecule has 0 N–H and O–H groups in total. The lowest BCUT2D eigenvalue weighted by atomic mass is 10.1. The van der Waals surface area contributed by atoms with Crippen molar-refractivity contribution in [3.05, 3.63) is 78.0 Å². The summed E-state index contributed by atoms with van der Waals surface area (Å²) in [6.07, 6.45) is 2.13. The van der Waals surface area contributed by atoms with Crippen LogP contribution < -0.4 is 0 Å². The van der Waals surface area contributed by atoms with Crippen LogP contribution in [0, 0.1) is 0 Å². The molecule has 2 heterocycles. The molecule has 2 aromatic carbocycles. The molecule has 5 heteroatoms. The summed E-state index contributed by atoms with van der Waals surface area (Å²) in [4.78, 5) is 32.1. The number of rotatable bonds is 4. The molecule has 0 unspecified atom stereocenters. The molecule has 0 radical (unpaired) electrons. The summed E-state index contributed by atoms with van der Waals surface area (Å²) in [5.74, 6) is -0.759. The number of benzene rings is 2. The minimum Gasteiger partial charge on any atom is -0.443 e. The number of likely N-dealkylation sites (tertiary alicyclic amines) is 1. The zero-order chi connectivity index (χ0) is 19.3. The number of carbonyl (C=O) groups excluding carboxylic acids is 2. The van der Waals surface area contributed by atoms with E-state index in [1.165, 1.54) is 0 Å². The number of esters is 1. The molecule has 3 aromatic rings. The fraction of sp³-hybridized carbons (Fsp3) is 0.261. The summed E-state index contributed by atoms with van der Waals surface area (Å²) in [6.45, 7) is 1.40. The van der Waals surface area contributed by atoms with Gasteiger partial charge in [-0.05, 0) is 31.4 Å². The van der Waals surface area contributed by atoms with Gasteiger partial charge in [-0.25, -0.2) is 9.78 Å². The first-order valence-corrected chi connectivity index (χ1v) is 9.63. The van der Waals surface area contributed by atoms with E-state index in [0.29, 0.717) is 18.7 Å². The van der Waals surface area contributed by atoms with E-state index in [9.17, 15) is 9.59 Å². The van der Waals surface area contributed by atoms with Gasteiger partial charge in [0.15, 0.2) is 0 Å². The van der Waals surface area contributed by atoms with Crippen molar-refractivity contribution in [2.75, 3.05) is 13.1 Å². The van der Waals surface area contributed by atoms with Crippen molar-refractivity contribution in [3.63, 3.8) is 0 Å². The van der Waals surface area contributed by atoms with Gasteiger partial charge in [0, 0.05) is 24.0 Å². The maximum absolute atomic E-state index is 13.1. The molecule has 0 saturated carbocycles. The number of ether oxygens (including phenoxy) is 1. The fourth-order valence-electron chi connectivity index (χ4n) is 3.52. The third kappa shape index (κ3) is 3.88. The maximum atomic E-state index is 13.1. The van der Waals surface area contributed by atoms with Crippen molar-refractivity contribution in [1.82, 2.24) is 9.88 Å². The van der Waals surface area contributed by atoms with Crippen LogP contribution in [0.1, 0.15) is 41.4 Å². The van der Waals surface area contributed by atoms with Crippen LogP contribution in [0.4, 0.5) is 0 Å². The van der Waals surface area contributed by atoms with Gasteiger partial charge in [0.1, 0.15) is 5.69 Å². The number of fused-ring (bicyclic) bond motifs is 1. The van der Waals surface area contributed by atoms with E-state index in [-0.39, 0.29) is 11.6 Å². The highest BCUT2D eigenvalue weighted by molar-refractivity contribution is 5.93. The molecule has 1 aliphatic heterocycles. The molecular formula is C23H22N2O3. The molecule has 28 heavy (non-hydrogen) atoms. The van der Waals surface area contributed by atoms with Gasteiger partial charge in [0.2, 0.25) is 6.10 Å². The van der Waals surface area contributed by atoms with Crippen molar-refractivity contribution in [2.24, 2.45) is 0 Å². The summed E-state index contributed by atoms with van der Waals surface area (Å²) in [6, 6.07) is 20.2. The molecule has 1 atom stereocenters. The lowest BCUT2D eigenvalue weighted by Gasteiger charge is -2.30. The summed E-state index contributed by atoms with van der Waals surface area (Å²) in [5.41, 5.74) is 1.59. The molecule has 5 nitrogen and oxygen atoms in total. The van der Waals surface area contributed by atoms with Crippen molar-refractivity contribution in [1.29, 1.82) is 0 Å². The van der Waals surface area contributed by atoms with Crippen molar-refractivity contribution >= 4 is 22.8 Å². The molecule has 1 saturated heterocycles. The van der Waals surface area contributed by atoms with Crippen LogP contribution in [0.25, 0.3) is 10.9 Å². The number of hydrogen-bond acceptors (Lipinski definition) is 4. The average Bonchev–Trinajstić information content (AvgIpc) is 2.77. The topological polar surface area (TPSA) is 59.5 Å². The second-order valence-electron chi connectivity index (χ2n) is 6.97. The molecular weight excluding hydrogens is 352 g/mol. The van der Waals surface area contributed by atoms with E-state index in [4.69, 9.17) is 4.74 Å². The lowest BCUT2D eigenvalue weighted by molar-refractivity contribution is -0.142. The monoisotopic (exact) mass is 374 g/mol. The predicted molar refractivity (Wildman–Crippen MR) is 107 cm³/mol. The minimum atomic E-state index is -0.958. The normalized spacial score (nSPS) is 15.2. The third-order valence-electron chi connectivity index (χ3n) is 5.03. The number of piperidine rings is 1. The SMILES string of the molecule is O=C(O[C@H](C(=O)N1CCCCC1)c1ccccc1)c1ccc2ccccc2n1. The molecule has 0 spiro atoms. The zero-order valence-corrected chi connectivity index (χ0v) is 15.6. The number of para-hydroxylation sites is 1. The van der Waals surface area contributed by atoms with Crippen LogP contribution in [0.15, 0.2) is 66.7 Å². The molecule has 1 fully saturated rings. The Balaban J connectivity index is 1.60. The Morgan fingerprint density at radius 1 is 0.857 bits per heavy atom. The Morgan fingerprint density at radius 2 is 1.57 bits per heavy atom. The van der Waals surface area contributed by atoms with E-state index in [1.54, 1.807) is 11.0 Å². The quantitative estimate of drug-likeness (QED) is 0.644. The standard InChI is InChI=1S/C23H22N2O3/c26-22(25-15-7-2-8-16-25)21(18-10-3-1-4-11-18)28-23(27)20-14-13-17-9-5-6-12-19(17)24-20/h1,3-6,9-14,21H,2,7-8,15-16H2/t21-/m0/s1. The highest BCUT2D eigenvalue weighted by atomic mass is 16.5. The fourth-order valence-corrected chi connectivity index (χ4v) is 3.52. The van der Waals surface area contributed by atoms with Crippen LogP contribution in [0.5, 0.6) is 0 Å². The molecule has 1 amide bonds. The summed E-state index contributed by atoms with van der Waals surface area (Å²) in [5, 5.41) is 0.947. The average molecular weight is 374 g/mol. The van der Waals surface area contributed by atoms with Gasteiger partial charge in [-0.3, -0.25) is 4.79 Å². The zero-order valence-electron chi connectivity index (χ0n) is 15.6. The van der Waals surface area contributed by atoms with Gasteiger partial charge in [-0.1, -0.05) is 54.6 Å². The Bertz CT molecular complexity index is 981. The van der Waals surface area contributed by atoms with E-state index < -0.39 is 12.1 Å². The van der Waals surface area contributed by atoms with Crippen molar-refractivity contribution in [2.45, 2.75) is 25.4 Å². The summed E-state index contributed by atoms with van der Waals surface area (Å²) < 4.78 is 5.69. The van der Waals surface area contributed by atoms with Crippen LogP contribution >= 0.6 is 0 Å². The lowest BCUT2D eigenvalue weighted by Crippen LogP contribution is -2.40. The predicted octanol–water partition coefficient (Wildman–Crippen LogP) is 4.15.